The Bertz CT molecular complexity index is 1390. The number of sulfonamides is 1. The van der Waals surface area contributed by atoms with Crippen molar-refractivity contribution >= 4 is 32.6 Å². The van der Waals surface area contributed by atoms with Gasteiger partial charge in [0.1, 0.15) is 5.58 Å². The van der Waals surface area contributed by atoms with Crippen LogP contribution in [0.2, 0.25) is 0 Å². The smallest absolute Gasteiger partial charge is 0.243 e. The molecule has 1 heterocycles. The first-order chi connectivity index (χ1) is 15.8. The highest BCUT2D eigenvalue weighted by molar-refractivity contribution is 7.89. The van der Waals surface area contributed by atoms with E-state index in [4.69, 9.17) is 4.42 Å². The number of fused-ring (bicyclic) bond motifs is 1. The maximum atomic E-state index is 12.9. The number of carbonyl (C=O) groups excluding carboxylic acids is 1. The van der Waals surface area contributed by atoms with Crippen molar-refractivity contribution in [3.63, 3.8) is 0 Å². The highest BCUT2D eigenvalue weighted by Gasteiger charge is 2.21. The molecule has 0 atom stereocenters. The molecule has 0 spiro atoms. The maximum Gasteiger partial charge on any atom is 0.243 e. The standard InChI is InChI=1S/C26H26N2O4S/c1-18-9-14-24-21(17-32-26(24)19(18)2)15-25(29)27-22-10-12-23(13-11-22)33(30,31)28(3)16-20-7-5-4-6-8-20/h4-14,17H,15-16H2,1-3H3,(H,27,29). The van der Waals surface area contributed by atoms with E-state index in [0.29, 0.717) is 5.69 Å². The van der Waals surface area contributed by atoms with Crippen LogP contribution in [0.1, 0.15) is 22.3 Å². The molecule has 0 radical (unpaired) electrons. The fourth-order valence-electron chi connectivity index (χ4n) is 3.72. The van der Waals surface area contributed by atoms with Gasteiger partial charge in [-0.1, -0.05) is 42.5 Å². The van der Waals surface area contributed by atoms with Crippen molar-refractivity contribution in [2.75, 3.05) is 12.4 Å². The number of nitrogens with zero attached hydrogens (tertiary/aromatic N) is 1. The predicted molar refractivity (Wildman–Crippen MR) is 130 cm³/mol. The zero-order valence-electron chi connectivity index (χ0n) is 18.8. The van der Waals surface area contributed by atoms with Gasteiger partial charge in [0.05, 0.1) is 17.6 Å². The summed E-state index contributed by atoms with van der Waals surface area (Å²) in [5.41, 5.74) is 5.25. The molecule has 1 amide bonds. The van der Waals surface area contributed by atoms with Gasteiger partial charge in [0.25, 0.3) is 0 Å². The number of amides is 1. The molecular weight excluding hydrogens is 436 g/mol. The Morgan fingerprint density at radius 1 is 0.970 bits per heavy atom. The van der Waals surface area contributed by atoms with Crippen LogP contribution in [-0.2, 0) is 27.8 Å². The van der Waals surface area contributed by atoms with Crippen LogP contribution in [-0.4, -0.2) is 25.7 Å². The monoisotopic (exact) mass is 462 g/mol. The van der Waals surface area contributed by atoms with Gasteiger partial charge in [0.15, 0.2) is 0 Å². The van der Waals surface area contributed by atoms with Gasteiger partial charge in [-0.05, 0) is 54.8 Å². The summed E-state index contributed by atoms with van der Waals surface area (Å²) >= 11 is 0. The van der Waals surface area contributed by atoms with E-state index in [2.05, 4.69) is 5.32 Å². The summed E-state index contributed by atoms with van der Waals surface area (Å²) < 4.78 is 32.8. The number of aryl methyl sites for hydroxylation is 2. The summed E-state index contributed by atoms with van der Waals surface area (Å²) in [4.78, 5) is 12.8. The van der Waals surface area contributed by atoms with Crippen molar-refractivity contribution in [1.29, 1.82) is 0 Å². The average Bonchev–Trinajstić information content (AvgIpc) is 3.20. The third-order valence-corrected chi connectivity index (χ3v) is 7.60. The van der Waals surface area contributed by atoms with Gasteiger partial charge in [0, 0.05) is 30.2 Å². The third kappa shape index (κ3) is 4.84. The molecule has 0 aliphatic rings. The van der Waals surface area contributed by atoms with Gasteiger partial charge < -0.3 is 9.73 Å². The molecule has 0 bridgehead atoms. The summed E-state index contributed by atoms with van der Waals surface area (Å²) in [6, 6.07) is 19.6. The number of rotatable bonds is 7. The molecule has 7 heteroatoms. The first kappa shape index (κ1) is 22.8. The van der Waals surface area contributed by atoms with E-state index in [1.807, 2.05) is 56.3 Å². The number of carbonyl (C=O) groups is 1. The molecule has 1 N–H and O–H groups in total. The summed E-state index contributed by atoms with van der Waals surface area (Å²) in [5.74, 6) is -0.201. The lowest BCUT2D eigenvalue weighted by Crippen LogP contribution is -2.26. The number of furan rings is 1. The van der Waals surface area contributed by atoms with Crippen LogP contribution < -0.4 is 5.32 Å². The third-order valence-electron chi connectivity index (χ3n) is 5.79. The lowest BCUT2D eigenvalue weighted by molar-refractivity contribution is -0.115. The van der Waals surface area contributed by atoms with Gasteiger partial charge in [-0.3, -0.25) is 4.79 Å². The SMILES string of the molecule is Cc1ccc2c(CC(=O)Nc3ccc(S(=O)(=O)N(C)Cc4ccccc4)cc3)coc2c1C. The Morgan fingerprint density at radius 3 is 2.36 bits per heavy atom. The molecule has 33 heavy (non-hydrogen) atoms. The molecule has 170 valence electrons. The Balaban J connectivity index is 1.43. The van der Waals surface area contributed by atoms with Gasteiger partial charge in [0.2, 0.25) is 15.9 Å². The van der Waals surface area contributed by atoms with Crippen molar-refractivity contribution in [3.8, 4) is 0 Å². The Morgan fingerprint density at radius 2 is 1.67 bits per heavy atom. The first-order valence-electron chi connectivity index (χ1n) is 10.6. The van der Waals surface area contributed by atoms with Crippen molar-refractivity contribution < 1.29 is 17.6 Å². The largest absolute Gasteiger partial charge is 0.464 e. The van der Waals surface area contributed by atoms with Crippen LogP contribution in [0, 0.1) is 13.8 Å². The van der Waals surface area contributed by atoms with Crippen LogP contribution >= 0.6 is 0 Å². The van der Waals surface area contributed by atoms with E-state index in [-0.39, 0.29) is 23.8 Å². The average molecular weight is 463 g/mol. The molecule has 0 unspecified atom stereocenters. The highest BCUT2D eigenvalue weighted by Crippen LogP contribution is 2.27. The molecule has 1 aromatic heterocycles. The lowest BCUT2D eigenvalue weighted by atomic mass is 10.0. The van der Waals surface area contributed by atoms with Crippen molar-refractivity contribution in [3.05, 3.63) is 95.2 Å². The number of hydrogen-bond acceptors (Lipinski definition) is 4. The minimum atomic E-state index is -3.65. The van der Waals surface area contributed by atoms with Crippen molar-refractivity contribution in [2.45, 2.75) is 31.7 Å². The van der Waals surface area contributed by atoms with Crippen LogP contribution in [0.3, 0.4) is 0 Å². The van der Waals surface area contributed by atoms with Crippen LogP contribution in [0.5, 0.6) is 0 Å². The van der Waals surface area contributed by atoms with Gasteiger partial charge in [-0.15, -0.1) is 0 Å². The van der Waals surface area contributed by atoms with Gasteiger partial charge in [-0.25, -0.2) is 8.42 Å². The fourth-order valence-corrected chi connectivity index (χ4v) is 4.88. The van der Waals surface area contributed by atoms with E-state index in [0.717, 1.165) is 33.2 Å². The zero-order chi connectivity index (χ0) is 23.6. The van der Waals surface area contributed by atoms with E-state index in [9.17, 15) is 13.2 Å². The molecule has 3 aromatic carbocycles. The van der Waals surface area contributed by atoms with Crippen LogP contribution in [0.4, 0.5) is 5.69 Å². The van der Waals surface area contributed by atoms with Crippen molar-refractivity contribution in [1.82, 2.24) is 4.31 Å². The highest BCUT2D eigenvalue weighted by atomic mass is 32.2. The van der Waals surface area contributed by atoms with E-state index in [1.54, 1.807) is 25.4 Å². The zero-order valence-corrected chi connectivity index (χ0v) is 19.6. The van der Waals surface area contributed by atoms with E-state index < -0.39 is 10.0 Å². The topological polar surface area (TPSA) is 79.6 Å². The van der Waals surface area contributed by atoms with Gasteiger partial charge in [-0.2, -0.15) is 4.31 Å². The Kier molecular flexibility index (Phi) is 6.35. The number of hydrogen-bond donors (Lipinski definition) is 1. The first-order valence-corrected chi connectivity index (χ1v) is 12.1. The molecule has 0 aliphatic carbocycles. The van der Waals surface area contributed by atoms with E-state index in [1.165, 1.54) is 16.4 Å². The molecule has 0 aliphatic heterocycles. The normalized spacial score (nSPS) is 11.8. The second kappa shape index (κ2) is 9.21. The molecular formula is C26H26N2O4S. The second-order valence-electron chi connectivity index (χ2n) is 8.14. The molecule has 4 rings (SSSR count). The van der Waals surface area contributed by atoms with Crippen LogP contribution in [0.25, 0.3) is 11.0 Å². The predicted octanol–water partition coefficient (Wildman–Crippen LogP) is 5.05. The minimum absolute atomic E-state index is 0.162. The fraction of sp³-hybridized carbons (Fsp3) is 0.192. The molecule has 0 saturated heterocycles. The van der Waals surface area contributed by atoms with Crippen molar-refractivity contribution in [2.24, 2.45) is 0 Å². The lowest BCUT2D eigenvalue weighted by Gasteiger charge is -2.17. The molecule has 0 saturated carbocycles. The Hall–Kier alpha value is -3.42. The number of anilines is 1. The second-order valence-corrected chi connectivity index (χ2v) is 10.2. The Labute approximate surface area is 193 Å². The summed E-state index contributed by atoms with van der Waals surface area (Å²) in [5, 5.41) is 3.76. The minimum Gasteiger partial charge on any atom is -0.464 e. The van der Waals surface area contributed by atoms with Crippen LogP contribution in [0.15, 0.2) is 82.3 Å². The summed E-state index contributed by atoms with van der Waals surface area (Å²) in [6.45, 7) is 4.30. The maximum absolute atomic E-state index is 12.9. The molecule has 6 nitrogen and oxygen atoms in total. The quantitative estimate of drug-likeness (QED) is 0.417. The number of benzene rings is 3. The summed E-state index contributed by atoms with van der Waals surface area (Å²) in [6.07, 6.45) is 1.78. The molecule has 4 aromatic rings. The molecule has 0 fully saturated rings. The van der Waals surface area contributed by atoms with Gasteiger partial charge >= 0.3 is 0 Å². The number of nitrogens with one attached hydrogen (secondary N) is 1. The van der Waals surface area contributed by atoms with E-state index >= 15 is 0 Å². The summed E-state index contributed by atoms with van der Waals surface area (Å²) in [7, 11) is -2.10.